The standard InChI is InChI=1S/C24H23N3O3/c1-16-10-11-18(13-17(16)2)23-20(15-27(26-23)19-7-4-3-5-8-19)24(29)25-14-21(28)22-9-6-12-30-22/h3-13,15,21,28H,14H2,1-2H3,(H,25,29). The van der Waals surface area contributed by atoms with Crippen LogP contribution in [0.4, 0.5) is 0 Å². The van der Waals surface area contributed by atoms with Crippen LogP contribution < -0.4 is 5.32 Å². The highest BCUT2D eigenvalue weighted by Crippen LogP contribution is 2.26. The molecule has 0 radical (unpaired) electrons. The Kier molecular flexibility index (Phi) is 5.50. The van der Waals surface area contributed by atoms with Crippen molar-refractivity contribution >= 4 is 5.91 Å². The van der Waals surface area contributed by atoms with Gasteiger partial charge in [0.1, 0.15) is 17.6 Å². The van der Waals surface area contributed by atoms with E-state index >= 15 is 0 Å². The zero-order chi connectivity index (χ0) is 21.1. The number of furan rings is 1. The van der Waals surface area contributed by atoms with E-state index in [1.807, 2.05) is 62.4 Å². The van der Waals surface area contributed by atoms with Crippen molar-refractivity contribution in [2.45, 2.75) is 20.0 Å². The lowest BCUT2D eigenvalue weighted by Gasteiger charge is -2.10. The number of rotatable bonds is 6. The molecular weight excluding hydrogens is 378 g/mol. The number of nitrogens with zero attached hydrogens (tertiary/aromatic N) is 2. The van der Waals surface area contributed by atoms with Crippen LogP contribution >= 0.6 is 0 Å². The number of amides is 1. The summed E-state index contributed by atoms with van der Waals surface area (Å²) >= 11 is 0. The molecule has 1 atom stereocenters. The number of hydrogen-bond acceptors (Lipinski definition) is 4. The zero-order valence-electron chi connectivity index (χ0n) is 16.9. The highest BCUT2D eigenvalue weighted by molar-refractivity contribution is 6.00. The average Bonchev–Trinajstić information content (AvgIpc) is 3.45. The predicted molar refractivity (Wildman–Crippen MR) is 114 cm³/mol. The molecule has 0 spiro atoms. The Morgan fingerprint density at radius 3 is 2.60 bits per heavy atom. The Morgan fingerprint density at radius 2 is 1.90 bits per heavy atom. The highest BCUT2D eigenvalue weighted by Gasteiger charge is 2.20. The van der Waals surface area contributed by atoms with Gasteiger partial charge in [0.05, 0.1) is 24.1 Å². The Hall–Kier alpha value is -3.64. The summed E-state index contributed by atoms with van der Waals surface area (Å²) in [6, 6.07) is 19.0. The molecule has 0 fully saturated rings. The van der Waals surface area contributed by atoms with Gasteiger partial charge in [0, 0.05) is 11.8 Å². The Bertz CT molecular complexity index is 1150. The molecule has 2 aromatic heterocycles. The molecule has 0 bridgehead atoms. The summed E-state index contributed by atoms with van der Waals surface area (Å²) in [7, 11) is 0. The van der Waals surface area contributed by atoms with Gasteiger partial charge in [-0.2, -0.15) is 5.10 Å². The summed E-state index contributed by atoms with van der Waals surface area (Å²) in [4.78, 5) is 13.0. The number of para-hydroxylation sites is 1. The van der Waals surface area contributed by atoms with Gasteiger partial charge in [-0.15, -0.1) is 0 Å². The van der Waals surface area contributed by atoms with Crippen molar-refractivity contribution in [3.05, 3.63) is 95.6 Å². The van der Waals surface area contributed by atoms with Crippen LogP contribution in [0.3, 0.4) is 0 Å². The van der Waals surface area contributed by atoms with E-state index in [0.29, 0.717) is 17.0 Å². The maximum Gasteiger partial charge on any atom is 0.255 e. The first-order valence-corrected chi connectivity index (χ1v) is 9.75. The van der Waals surface area contributed by atoms with Crippen LogP contribution in [0.15, 0.2) is 77.5 Å². The first kappa shape index (κ1) is 19.7. The van der Waals surface area contributed by atoms with Gasteiger partial charge in [0.2, 0.25) is 0 Å². The first-order valence-electron chi connectivity index (χ1n) is 9.75. The fourth-order valence-electron chi connectivity index (χ4n) is 3.22. The average molecular weight is 401 g/mol. The van der Waals surface area contributed by atoms with Crippen LogP contribution in [0.5, 0.6) is 0 Å². The Morgan fingerprint density at radius 1 is 1.10 bits per heavy atom. The zero-order valence-corrected chi connectivity index (χ0v) is 16.9. The quantitative estimate of drug-likeness (QED) is 0.507. The molecule has 152 valence electrons. The van der Waals surface area contributed by atoms with Crippen LogP contribution in [-0.4, -0.2) is 27.3 Å². The number of nitrogens with one attached hydrogen (secondary N) is 1. The molecule has 2 aromatic carbocycles. The topological polar surface area (TPSA) is 80.3 Å². The minimum Gasteiger partial charge on any atom is -0.467 e. The van der Waals surface area contributed by atoms with Crippen LogP contribution in [0.2, 0.25) is 0 Å². The molecule has 6 nitrogen and oxygen atoms in total. The third kappa shape index (κ3) is 4.04. The van der Waals surface area contributed by atoms with E-state index in [-0.39, 0.29) is 12.5 Å². The van der Waals surface area contributed by atoms with E-state index in [9.17, 15) is 9.90 Å². The minimum absolute atomic E-state index is 0.0369. The smallest absolute Gasteiger partial charge is 0.255 e. The van der Waals surface area contributed by atoms with Gasteiger partial charge in [-0.3, -0.25) is 4.79 Å². The maximum absolute atomic E-state index is 13.0. The fourth-order valence-corrected chi connectivity index (χ4v) is 3.22. The largest absolute Gasteiger partial charge is 0.467 e. The number of aliphatic hydroxyl groups is 1. The second-order valence-corrected chi connectivity index (χ2v) is 7.21. The number of hydrogen-bond donors (Lipinski definition) is 2. The Labute approximate surface area is 174 Å². The minimum atomic E-state index is -0.918. The number of aliphatic hydroxyl groups excluding tert-OH is 1. The molecule has 0 saturated heterocycles. The first-order chi connectivity index (χ1) is 14.5. The number of aromatic nitrogens is 2. The molecule has 30 heavy (non-hydrogen) atoms. The molecule has 2 N–H and O–H groups in total. The van der Waals surface area contributed by atoms with Crippen molar-refractivity contribution < 1.29 is 14.3 Å². The van der Waals surface area contributed by atoms with E-state index in [2.05, 4.69) is 5.32 Å². The summed E-state index contributed by atoms with van der Waals surface area (Å²) < 4.78 is 6.89. The van der Waals surface area contributed by atoms with Gasteiger partial charge in [-0.25, -0.2) is 4.68 Å². The van der Waals surface area contributed by atoms with Crippen molar-refractivity contribution in [3.8, 4) is 16.9 Å². The lowest BCUT2D eigenvalue weighted by molar-refractivity contribution is 0.0901. The normalized spacial score (nSPS) is 12.0. The van der Waals surface area contributed by atoms with Crippen molar-refractivity contribution in [1.29, 1.82) is 0 Å². The van der Waals surface area contributed by atoms with E-state index in [1.165, 1.54) is 11.8 Å². The number of aryl methyl sites for hydroxylation is 2. The van der Waals surface area contributed by atoms with E-state index < -0.39 is 6.10 Å². The van der Waals surface area contributed by atoms with Crippen molar-refractivity contribution in [2.24, 2.45) is 0 Å². The third-order valence-electron chi connectivity index (χ3n) is 5.09. The van der Waals surface area contributed by atoms with Crippen molar-refractivity contribution in [1.82, 2.24) is 15.1 Å². The second-order valence-electron chi connectivity index (χ2n) is 7.21. The summed E-state index contributed by atoms with van der Waals surface area (Å²) in [5.41, 5.74) is 5.05. The number of carbonyl (C=O) groups is 1. The van der Waals surface area contributed by atoms with Gasteiger partial charge in [0.25, 0.3) is 5.91 Å². The molecule has 4 rings (SSSR count). The summed E-state index contributed by atoms with van der Waals surface area (Å²) in [6.07, 6.45) is 2.29. The highest BCUT2D eigenvalue weighted by atomic mass is 16.4. The van der Waals surface area contributed by atoms with Crippen molar-refractivity contribution in [2.75, 3.05) is 6.54 Å². The van der Waals surface area contributed by atoms with E-state index in [0.717, 1.165) is 16.8 Å². The van der Waals surface area contributed by atoms with Gasteiger partial charge < -0.3 is 14.8 Å². The predicted octanol–water partition coefficient (Wildman–Crippen LogP) is 4.21. The molecule has 0 saturated carbocycles. The van der Waals surface area contributed by atoms with Crippen LogP contribution in [0.25, 0.3) is 16.9 Å². The third-order valence-corrected chi connectivity index (χ3v) is 5.09. The lowest BCUT2D eigenvalue weighted by atomic mass is 10.0. The SMILES string of the molecule is Cc1ccc(-c2nn(-c3ccccc3)cc2C(=O)NCC(O)c2ccco2)cc1C. The molecule has 0 aliphatic rings. The van der Waals surface area contributed by atoms with Gasteiger partial charge in [0.15, 0.2) is 0 Å². The lowest BCUT2D eigenvalue weighted by Crippen LogP contribution is -2.28. The summed E-state index contributed by atoms with van der Waals surface area (Å²) in [6.45, 7) is 4.12. The van der Waals surface area contributed by atoms with Gasteiger partial charge in [-0.1, -0.05) is 30.3 Å². The van der Waals surface area contributed by atoms with Gasteiger partial charge >= 0.3 is 0 Å². The summed E-state index contributed by atoms with van der Waals surface area (Å²) in [5, 5.41) is 17.7. The van der Waals surface area contributed by atoms with Gasteiger partial charge in [-0.05, 0) is 55.3 Å². The molecule has 1 amide bonds. The van der Waals surface area contributed by atoms with E-state index in [1.54, 1.807) is 23.0 Å². The number of carbonyl (C=O) groups excluding carboxylic acids is 1. The monoisotopic (exact) mass is 401 g/mol. The molecule has 0 aliphatic carbocycles. The molecule has 4 aromatic rings. The molecular formula is C24H23N3O3. The molecule has 0 aliphatic heterocycles. The van der Waals surface area contributed by atoms with E-state index in [4.69, 9.17) is 9.52 Å². The maximum atomic E-state index is 13.0. The molecule has 6 heteroatoms. The summed E-state index contributed by atoms with van der Waals surface area (Å²) in [5.74, 6) is 0.0979. The van der Waals surface area contributed by atoms with Crippen LogP contribution in [0, 0.1) is 13.8 Å². The molecule has 1 unspecified atom stereocenters. The number of benzene rings is 2. The molecule has 2 heterocycles. The van der Waals surface area contributed by atoms with Crippen molar-refractivity contribution in [3.63, 3.8) is 0 Å². The van der Waals surface area contributed by atoms with Crippen LogP contribution in [-0.2, 0) is 0 Å². The fraction of sp³-hybridized carbons (Fsp3) is 0.167. The Balaban J connectivity index is 1.67. The second kappa shape index (κ2) is 8.39. The van der Waals surface area contributed by atoms with Crippen LogP contribution in [0.1, 0.15) is 33.3 Å².